The average molecular weight is 218 g/mol. The standard InChI is InChI=1S/C9H19N2O2P/c1-4-7-11(8-5-2)14(12,9-10)13-6-3/h4-8H2,1-3H3. The quantitative estimate of drug-likeness (QED) is 0.616. The summed E-state index contributed by atoms with van der Waals surface area (Å²) in [6.07, 6.45) is 1.75. The number of rotatable bonds is 7. The van der Waals surface area contributed by atoms with Crippen LogP contribution in [0.15, 0.2) is 0 Å². The lowest BCUT2D eigenvalue weighted by atomic mass is 10.4. The van der Waals surface area contributed by atoms with Crippen LogP contribution < -0.4 is 0 Å². The predicted molar refractivity (Wildman–Crippen MR) is 57.0 cm³/mol. The Labute approximate surface area is 86.4 Å². The van der Waals surface area contributed by atoms with Crippen LogP contribution >= 0.6 is 7.52 Å². The summed E-state index contributed by atoms with van der Waals surface area (Å²) in [7, 11) is -3.20. The Morgan fingerprint density at radius 2 is 1.79 bits per heavy atom. The van der Waals surface area contributed by atoms with E-state index in [-0.39, 0.29) is 0 Å². The van der Waals surface area contributed by atoms with Gasteiger partial charge in [0.25, 0.3) is 0 Å². The fraction of sp³-hybridized carbons (Fsp3) is 0.889. The second-order valence-electron chi connectivity index (χ2n) is 2.99. The van der Waals surface area contributed by atoms with E-state index in [0.29, 0.717) is 19.7 Å². The molecule has 0 aromatic carbocycles. The molecule has 5 heteroatoms. The first kappa shape index (κ1) is 13.6. The first-order chi connectivity index (χ1) is 6.64. The van der Waals surface area contributed by atoms with E-state index in [4.69, 9.17) is 9.79 Å². The maximum atomic E-state index is 12.0. The van der Waals surface area contributed by atoms with E-state index >= 15 is 0 Å². The van der Waals surface area contributed by atoms with Gasteiger partial charge in [0.15, 0.2) is 5.81 Å². The van der Waals surface area contributed by atoms with Gasteiger partial charge < -0.3 is 4.52 Å². The molecule has 0 spiro atoms. The van der Waals surface area contributed by atoms with Gasteiger partial charge in [-0.3, -0.25) is 4.57 Å². The molecule has 0 bridgehead atoms. The normalized spacial score (nSPS) is 15.1. The monoisotopic (exact) mass is 218 g/mol. The summed E-state index contributed by atoms with van der Waals surface area (Å²) in [5, 5.41) is 8.86. The average Bonchev–Trinajstić information content (AvgIpc) is 2.18. The van der Waals surface area contributed by atoms with Crippen LogP contribution in [0, 0.1) is 11.1 Å². The van der Waals surface area contributed by atoms with Gasteiger partial charge in [-0.25, -0.2) is 4.67 Å². The highest BCUT2D eigenvalue weighted by Gasteiger charge is 2.30. The van der Waals surface area contributed by atoms with Gasteiger partial charge >= 0.3 is 7.52 Å². The zero-order valence-electron chi connectivity index (χ0n) is 9.19. The predicted octanol–water partition coefficient (Wildman–Crippen LogP) is 2.82. The Kier molecular flexibility index (Phi) is 6.82. The second kappa shape index (κ2) is 7.00. The molecule has 1 atom stereocenters. The van der Waals surface area contributed by atoms with E-state index in [0.717, 1.165) is 12.8 Å². The molecule has 1 unspecified atom stereocenters. The molecule has 14 heavy (non-hydrogen) atoms. The Hall–Kier alpha value is -0.360. The first-order valence-corrected chi connectivity index (χ1v) is 6.63. The molecular formula is C9H19N2O2P. The lowest BCUT2D eigenvalue weighted by Gasteiger charge is -2.24. The zero-order chi connectivity index (χ0) is 11.0. The van der Waals surface area contributed by atoms with Crippen molar-refractivity contribution in [3.63, 3.8) is 0 Å². The van der Waals surface area contributed by atoms with Crippen LogP contribution in [0.3, 0.4) is 0 Å². The molecule has 4 nitrogen and oxygen atoms in total. The maximum absolute atomic E-state index is 12.0. The Morgan fingerprint density at radius 3 is 2.07 bits per heavy atom. The van der Waals surface area contributed by atoms with Crippen LogP contribution in [0.25, 0.3) is 0 Å². The van der Waals surface area contributed by atoms with E-state index in [2.05, 4.69) is 0 Å². The number of hydrogen-bond donors (Lipinski definition) is 0. The van der Waals surface area contributed by atoms with Gasteiger partial charge in [0, 0.05) is 13.1 Å². The van der Waals surface area contributed by atoms with Crippen molar-refractivity contribution in [3.05, 3.63) is 0 Å². The highest BCUT2D eigenvalue weighted by molar-refractivity contribution is 7.61. The summed E-state index contributed by atoms with van der Waals surface area (Å²) in [6.45, 7) is 7.36. The highest BCUT2D eigenvalue weighted by atomic mass is 31.2. The minimum atomic E-state index is -3.20. The first-order valence-electron chi connectivity index (χ1n) is 5.05. The van der Waals surface area contributed by atoms with Crippen LogP contribution in [0.1, 0.15) is 33.6 Å². The summed E-state index contributed by atoms with van der Waals surface area (Å²) >= 11 is 0. The lowest BCUT2D eigenvalue weighted by molar-refractivity contribution is 0.279. The van der Waals surface area contributed by atoms with Gasteiger partial charge in [-0.1, -0.05) is 13.8 Å². The van der Waals surface area contributed by atoms with Crippen molar-refractivity contribution in [1.29, 1.82) is 5.26 Å². The minimum Gasteiger partial charge on any atom is -0.307 e. The molecule has 0 aromatic rings. The van der Waals surface area contributed by atoms with Crippen molar-refractivity contribution >= 4 is 7.52 Å². The van der Waals surface area contributed by atoms with Crippen LogP contribution in [-0.4, -0.2) is 24.4 Å². The molecule has 0 N–H and O–H groups in total. The van der Waals surface area contributed by atoms with Crippen LogP contribution in [0.2, 0.25) is 0 Å². The van der Waals surface area contributed by atoms with E-state index in [1.54, 1.807) is 11.6 Å². The third-order valence-corrected chi connectivity index (χ3v) is 3.77. The fourth-order valence-electron chi connectivity index (χ4n) is 1.24. The van der Waals surface area contributed by atoms with Gasteiger partial charge in [0.1, 0.15) is 0 Å². The van der Waals surface area contributed by atoms with Gasteiger partial charge in [0.2, 0.25) is 0 Å². The third kappa shape index (κ3) is 3.79. The molecule has 0 radical (unpaired) electrons. The molecule has 0 saturated carbocycles. The maximum Gasteiger partial charge on any atom is 0.371 e. The summed E-state index contributed by atoms with van der Waals surface area (Å²) in [4.78, 5) is 0. The molecule has 0 aromatic heterocycles. The van der Waals surface area contributed by atoms with Crippen molar-refractivity contribution in [2.24, 2.45) is 0 Å². The Bertz CT molecular complexity index is 231. The lowest BCUT2D eigenvalue weighted by Crippen LogP contribution is -2.22. The van der Waals surface area contributed by atoms with E-state index in [1.165, 1.54) is 0 Å². The van der Waals surface area contributed by atoms with Crippen LogP contribution in [0.4, 0.5) is 0 Å². The van der Waals surface area contributed by atoms with Crippen molar-refractivity contribution in [3.8, 4) is 5.81 Å². The molecule has 0 rings (SSSR count). The molecule has 0 aliphatic rings. The van der Waals surface area contributed by atoms with Crippen molar-refractivity contribution in [1.82, 2.24) is 4.67 Å². The fourth-order valence-corrected chi connectivity index (χ4v) is 2.86. The van der Waals surface area contributed by atoms with E-state index < -0.39 is 7.52 Å². The van der Waals surface area contributed by atoms with E-state index in [1.807, 2.05) is 19.7 Å². The zero-order valence-corrected chi connectivity index (χ0v) is 10.1. The van der Waals surface area contributed by atoms with Crippen LogP contribution in [0.5, 0.6) is 0 Å². The smallest absolute Gasteiger partial charge is 0.307 e. The molecule has 0 heterocycles. The summed E-state index contributed by atoms with van der Waals surface area (Å²) in [6, 6.07) is 0. The van der Waals surface area contributed by atoms with Crippen molar-refractivity contribution < 1.29 is 9.09 Å². The summed E-state index contributed by atoms with van der Waals surface area (Å²) < 4.78 is 18.7. The summed E-state index contributed by atoms with van der Waals surface area (Å²) in [5.74, 6) is 1.81. The molecule has 0 aliphatic carbocycles. The Morgan fingerprint density at radius 1 is 1.29 bits per heavy atom. The minimum absolute atomic E-state index is 0.314. The van der Waals surface area contributed by atoms with Gasteiger partial charge in [-0.2, -0.15) is 5.26 Å². The van der Waals surface area contributed by atoms with E-state index in [9.17, 15) is 4.57 Å². The largest absolute Gasteiger partial charge is 0.371 e. The van der Waals surface area contributed by atoms with Crippen molar-refractivity contribution in [2.45, 2.75) is 33.6 Å². The van der Waals surface area contributed by atoms with Gasteiger partial charge in [-0.15, -0.1) is 0 Å². The Balaban J connectivity index is 4.57. The SMILES string of the molecule is CCCN(CCC)P(=O)(C#N)OCC. The molecule has 0 saturated heterocycles. The number of hydrogen-bond acceptors (Lipinski definition) is 3. The number of nitriles is 1. The number of nitrogens with zero attached hydrogens (tertiary/aromatic N) is 2. The molecule has 82 valence electrons. The topological polar surface area (TPSA) is 53.3 Å². The molecular weight excluding hydrogens is 199 g/mol. The molecule has 0 fully saturated rings. The van der Waals surface area contributed by atoms with Gasteiger partial charge in [0.05, 0.1) is 6.61 Å². The molecule has 0 amide bonds. The molecule has 0 aliphatic heterocycles. The van der Waals surface area contributed by atoms with Gasteiger partial charge in [-0.05, 0) is 19.8 Å². The van der Waals surface area contributed by atoms with Crippen LogP contribution in [-0.2, 0) is 9.09 Å². The highest BCUT2D eigenvalue weighted by Crippen LogP contribution is 2.49. The third-order valence-electron chi connectivity index (χ3n) is 1.77. The summed E-state index contributed by atoms with van der Waals surface area (Å²) in [5.41, 5.74) is 0. The van der Waals surface area contributed by atoms with Crippen molar-refractivity contribution in [2.75, 3.05) is 19.7 Å². The second-order valence-corrected chi connectivity index (χ2v) is 5.06.